The number of aliphatic hydroxyl groups is 4. The molecule has 5 N–H and O–H groups in total. The van der Waals surface area contributed by atoms with E-state index in [2.05, 4.69) is 0 Å². The van der Waals surface area contributed by atoms with Crippen LogP contribution < -0.4 is 10.4 Å². The SMILES string of the molecule is O=c1ccc2ccc(O[C@@H]3O[C@H](CO)[C@@H](O)[C@@H](O)[C@H]3O)c(O)c2o1. The lowest BCUT2D eigenvalue weighted by molar-refractivity contribution is -0.277. The van der Waals surface area contributed by atoms with Crippen LogP contribution in [0.5, 0.6) is 11.5 Å². The lowest BCUT2D eigenvalue weighted by Gasteiger charge is -2.39. The van der Waals surface area contributed by atoms with Crippen LogP contribution in [0.3, 0.4) is 0 Å². The zero-order valence-corrected chi connectivity index (χ0v) is 12.3. The molecule has 0 unspecified atom stereocenters. The maximum atomic E-state index is 11.3. The van der Waals surface area contributed by atoms with Crippen molar-refractivity contribution >= 4 is 11.0 Å². The number of fused-ring (bicyclic) bond motifs is 1. The highest BCUT2D eigenvalue weighted by molar-refractivity contribution is 5.84. The smallest absolute Gasteiger partial charge is 0.336 e. The Bertz CT molecular complexity index is 784. The molecular formula is C15H16O9. The maximum absolute atomic E-state index is 11.3. The number of rotatable bonds is 3. The van der Waals surface area contributed by atoms with Crippen molar-refractivity contribution in [2.45, 2.75) is 30.7 Å². The summed E-state index contributed by atoms with van der Waals surface area (Å²) in [6.07, 6.45) is -7.36. The molecule has 9 nitrogen and oxygen atoms in total. The molecule has 0 spiro atoms. The molecule has 0 saturated carbocycles. The Hall–Kier alpha value is -2.17. The fraction of sp³-hybridized carbons (Fsp3) is 0.400. The normalized spacial score (nSPS) is 30.4. The second-order valence-electron chi connectivity index (χ2n) is 5.40. The van der Waals surface area contributed by atoms with E-state index in [9.17, 15) is 25.2 Å². The molecule has 0 aliphatic carbocycles. The molecule has 130 valence electrons. The predicted molar refractivity (Wildman–Crippen MR) is 78.5 cm³/mol. The van der Waals surface area contributed by atoms with Crippen molar-refractivity contribution in [3.8, 4) is 11.5 Å². The van der Waals surface area contributed by atoms with Crippen LogP contribution in [0.1, 0.15) is 0 Å². The van der Waals surface area contributed by atoms with Crippen molar-refractivity contribution < 1.29 is 39.4 Å². The summed E-state index contributed by atoms with van der Waals surface area (Å²) in [5.74, 6) is -0.650. The van der Waals surface area contributed by atoms with E-state index in [0.717, 1.165) is 0 Å². The summed E-state index contributed by atoms with van der Waals surface area (Å²) in [6.45, 7) is -0.608. The molecule has 5 atom stereocenters. The summed E-state index contributed by atoms with van der Waals surface area (Å²) >= 11 is 0. The van der Waals surface area contributed by atoms with Gasteiger partial charge in [-0.15, -0.1) is 0 Å². The number of aliphatic hydroxyl groups excluding tert-OH is 4. The van der Waals surface area contributed by atoms with Gasteiger partial charge in [-0.25, -0.2) is 4.79 Å². The quantitative estimate of drug-likeness (QED) is 0.429. The van der Waals surface area contributed by atoms with Crippen LogP contribution in [-0.2, 0) is 4.74 Å². The van der Waals surface area contributed by atoms with Gasteiger partial charge in [0.1, 0.15) is 24.4 Å². The molecule has 2 heterocycles. The third kappa shape index (κ3) is 2.83. The minimum atomic E-state index is -1.62. The minimum absolute atomic E-state index is 0.107. The van der Waals surface area contributed by atoms with Crippen LogP contribution in [0.15, 0.2) is 33.5 Å². The average molecular weight is 340 g/mol. The Labute approximate surface area is 134 Å². The van der Waals surface area contributed by atoms with Gasteiger partial charge >= 0.3 is 5.63 Å². The highest BCUT2D eigenvalue weighted by atomic mass is 16.7. The molecular weight excluding hydrogens is 324 g/mol. The number of hydrogen-bond acceptors (Lipinski definition) is 9. The van der Waals surface area contributed by atoms with Gasteiger partial charge in [0.2, 0.25) is 12.0 Å². The van der Waals surface area contributed by atoms with Gasteiger partial charge in [0, 0.05) is 11.5 Å². The molecule has 0 radical (unpaired) electrons. The van der Waals surface area contributed by atoms with Gasteiger partial charge in [0.15, 0.2) is 11.3 Å². The van der Waals surface area contributed by atoms with Gasteiger partial charge in [-0.3, -0.25) is 0 Å². The average Bonchev–Trinajstić information content (AvgIpc) is 2.58. The van der Waals surface area contributed by atoms with Crippen LogP contribution in [0, 0.1) is 0 Å². The summed E-state index contributed by atoms with van der Waals surface area (Å²) in [5, 5.41) is 49.2. The van der Waals surface area contributed by atoms with Crippen molar-refractivity contribution in [1.29, 1.82) is 0 Å². The third-order valence-corrected chi connectivity index (χ3v) is 3.82. The Balaban J connectivity index is 1.91. The topological polar surface area (TPSA) is 150 Å². The second-order valence-corrected chi connectivity index (χ2v) is 5.40. The van der Waals surface area contributed by atoms with E-state index in [1.54, 1.807) is 0 Å². The van der Waals surface area contributed by atoms with Crippen molar-refractivity contribution in [2.75, 3.05) is 6.61 Å². The van der Waals surface area contributed by atoms with Gasteiger partial charge in [-0.05, 0) is 18.2 Å². The summed E-state index contributed by atoms with van der Waals surface area (Å²) < 4.78 is 15.4. The zero-order chi connectivity index (χ0) is 17.4. The van der Waals surface area contributed by atoms with Gasteiger partial charge in [0.05, 0.1) is 6.61 Å². The molecule has 24 heavy (non-hydrogen) atoms. The molecule has 2 aromatic rings. The number of phenols is 1. The van der Waals surface area contributed by atoms with E-state index in [1.165, 1.54) is 24.3 Å². The van der Waals surface area contributed by atoms with Crippen LogP contribution >= 0.6 is 0 Å². The number of benzene rings is 1. The zero-order valence-electron chi connectivity index (χ0n) is 12.3. The standard InChI is InChI=1S/C15H16O9/c16-5-8-10(18)12(20)13(21)15(23-8)22-7-3-1-6-2-4-9(17)24-14(6)11(7)19/h1-4,8,10,12-13,15-16,18-21H,5H2/t8-,10-,12-,13-,15-/m1/s1. The fourth-order valence-electron chi connectivity index (χ4n) is 2.48. The highest BCUT2D eigenvalue weighted by Gasteiger charge is 2.45. The van der Waals surface area contributed by atoms with E-state index in [-0.39, 0.29) is 11.3 Å². The van der Waals surface area contributed by atoms with Crippen LogP contribution in [0.25, 0.3) is 11.0 Å². The summed E-state index contributed by atoms with van der Waals surface area (Å²) in [5.41, 5.74) is -0.771. The molecule has 1 saturated heterocycles. The minimum Gasteiger partial charge on any atom is -0.502 e. The van der Waals surface area contributed by atoms with Crippen molar-refractivity contribution in [3.63, 3.8) is 0 Å². The Kier molecular flexibility index (Phi) is 4.43. The van der Waals surface area contributed by atoms with Crippen LogP contribution in [0.2, 0.25) is 0 Å². The lowest BCUT2D eigenvalue weighted by atomic mass is 9.99. The molecule has 1 aromatic carbocycles. The number of phenolic OH excluding ortho intramolecular Hbond substituents is 1. The van der Waals surface area contributed by atoms with Gasteiger partial charge in [-0.1, -0.05) is 0 Å². The van der Waals surface area contributed by atoms with Crippen molar-refractivity contribution in [3.05, 3.63) is 34.7 Å². The van der Waals surface area contributed by atoms with Gasteiger partial charge in [0.25, 0.3) is 0 Å². The van der Waals surface area contributed by atoms with E-state index in [0.29, 0.717) is 5.39 Å². The predicted octanol–water partition coefficient (Wildman–Crippen LogP) is -1.32. The fourth-order valence-corrected chi connectivity index (χ4v) is 2.48. The molecule has 1 aromatic heterocycles. The first kappa shape index (κ1) is 16.7. The highest BCUT2D eigenvalue weighted by Crippen LogP contribution is 2.35. The summed E-state index contributed by atoms with van der Waals surface area (Å²) in [4.78, 5) is 11.3. The summed E-state index contributed by atoms with van der Waals surface area (Å²) in [7, 11) is 0. The lowest BCUT2D eigenvalue weighted by Crippen LogP contribution is -2.60. The van der Waals surface area contributed by atoms with Gasteiger partial charge in [-0.2, -0.15) is 0 Å². The first-order valence-corrected chi connectivity index (χ1v) is 7.15. The first-order chi connectivity index (χ1) is 11.4. The molecule has 0 bridgehead atoms. The molecule has 1 aliphatic heterocycles. The Morgan fingerprint density at radius 3 is 2.46 bits per heavy atom. The van der Waals surface area contributed by atoms with Crippen molar-refractivity contribution in [1.82, 2.24) is 0 Å². The summed E-state index contributed by atoms with van der Waals surface area (Å²) in [6, 6.07) is 5.52. The van der Waals surface area contributed by atoms with E-state index in [1.807, 2.05) is 0 Å². The van der Waals surface area contributed by atoms with Gasteiger partial charge < -0.3 is 39.4 Å². The largest absolute Gasteiger partial charge is 0.502 e. The third-order valence-electron chi connectivity index (χ3n) is 3.82. The number of hydrogen-bond donors (Lipinski definition) is 5. The van der Waals surface area contributed by atoms with Crippen LogP contribution in [-0.4, -0.2) is 62.8 Å². The van der Waals surface area contributed by atoms with E-state index >= 15 is 0 Å². The molecule has 1 fully saturated rings. The molecule has 3 rings (SSSR count). The van der Waals surface area contributed by atoms with E-state index in [4.69, 9.17) is 19.0 Å². The second kappa shape index (κ2) is 6.38. The van der Waals surface area contributed by atoms with E-state index < -0.39 is 48.7 Å². The number of aromatic hydroxyl groups is 1. The maximum Gasteiger partial charge on any atom is 0.336 e. The first-order valence-electron chi connectivity index (χ1n) is 7.15. The molecule has 1 aliphatic rings. The van der Waals surface area contributed by atoms with Crippen molar-refractivity contribution in [2.24, 2.45) is 0 Å². The Morgan fingerprint density at radius 2 is 1.75 bits per heavy atom. The number of ether oxygens (including phenoxy) is 2. The van der Waals surface area contributed by atoms with Crippen LogP contribution in [0.4, 0.5) is 0 Å². The monoisotopic (exact) mass is 340 g/mol. The molecule has 9 heteroatoms. The Morgan fingerprint density at radius 1 is 1.04 bits per heavy atom. The molecule has 0 amide bonds.